The Morgan fingerprint density at radius 2 is 2.06 bits per heavy atom. The van der Waals surface area contributed by atoms with Gasteiger partial charge in [0.15, 0.2) is 9.84 Å². The molecule has 90 valence electrons. The molecule has 0 heterocycles. The number of benzene rings is 1. The van der Waals surface area contributed by atoms with Crippen LogP contribution in [-0.2, 0) is 9.84 Å². The highest BCUT2D eigenvalue weighted by Crippen LogP contribution is 2.32. The van der Waals surface area contributed by atoms with Gasteiger partial charge in [-0.2, -0.15) is 0 Å². The molecule has 0 aliphatic carbocycles. The van der Waals surface area contributed by atoms with E-state index < -0.39 is 9.84 Å². The van der Waals surface area contributed by atoms with E-state index in [9.17, 15) is 8.42 Å². The second kappa shape index (κ2) is 4.84. The van der Waals surface area contributed by atoms with Gasteiger partial charge in [-0.05, 0) is 6.07 Å². The van der Waals surface area contributed by atoms with Gasteiger partial charge in [0.2, 0.25) is 0 Å². The van der Waals surface area contributed by atoms with Crippen LogP contribution in [-0.4, -0.2) is 33.5 Å². The molecule has 1 aromatic rings. The van der Waals surface area contributed by atoms with Crippen molar-refractivity contribution in [3.8, 4) is 5.75 Å². The number of rotatable bonds is 4. The van der Waals surface area contributed by atoms with Gasteiger partial charge in [0.25, 0.3) is 0 Å². The van der Waals surface area contributed by atoms with Crippen molar-refractivity contribution in [3.63, 3.8) is 0 Å². The van der Waals surface area contributed by atoms with Crippen LogP contribution in [0.5, 0.6) is 5.75 Å². The zero-order valence-electron chi connectivity index (χ0n) is 9.60. The fraction of sp³-hybridized carbons (Fsp3) is 0.455. The first kappa shape index (κ1) is 13.0. The largest absolute Gasteiger partial charge is 0.495 e. The Bertz CT molecular complexity index is 465. The molecule has 0 fully saturated rings. The van der Waals surface area contributed by atoms with Gasteiger partial charge in [-0.25, -0.2) is 8.42 Å². The lowest BCUT2D eigenvalue weighted by Gasteiger charge is -2.15. The van der Waals surface area contributed by atoms with Crippen molar-refractivity contribution in [1.29, 1.82) is 0 Å². The molecule has 0 saturated carbocycles. The Kier molecular flexibility index (Phi) is 3.93. The van der Waals surface area contributed by atoms with E-state index in [0.717, 1.165) is 6.26 Å². The summed E-state index contributed by atoms with van der Waals surface area (Å²) in [5, 5.41) is 9.10. The number of aliphatic hydroxyl groups excluding tert-OH is 1. The van der Waals surface area contributed by atoms with E-state index in [-0.39, 0.29) is 17.4 Å². The molecule has 0 spiro atoms. The summed E-state index contributed by atoms with van der Waals surface area (Å²) in [5.74, 6) is 0.170. The molecule has 0 amide bonds. The predicted molar refractivity (Wildman–Crippen MR) is 61.6 cm³/mol. The molecule has 1 rings (SSSR count). The van der Waals surface area contributed by atoms with Crippen molar-refractivity contribution in [2.45, 2.75) is 17.7 Å². The topological polar surface area (TPSA) is 63.6 Å². The molecule has 0 saturated heterocycles. The number of para-hydroxylation sites is 1. The van der Waals surface area contributed by atoms with Crippen molar-refractivity contribution in [1.82, 2.24) is 0 Å². The number of sulfone groups is 1. The average molecular weight is 244 g/mol. The Balaban J connectivity index is 3.44. The number of hydrogen-bond donors (Lipinski definition) is 1. The van der Waals surface area contributed by atoms with Crippen LogP contribution < -0.4 is 4.74 Å². The molecule has 0 radical (unpaired) electrons. The van der Waals surface area contributed by atoms with Gasteiger partial charge < -0.3 is 9.84 Å². The van der Waals surface area contributed by atoms with Crippen molar-refractivity contribution in [3.05, 3.63) is 23.8 Å². The second-order valence-corrected chi connectivity index (χ2v) is 5.72. The lowest BCUT2D eigenvalue weighted by Crippen LogP contribution is -2.07. The summed E-state index contributed by atoms with van der Waals surface area (Å²) in [6.45, 7) is 1.76. The van der Waals surface area contributed by atoms with Gasteiger partial charge in [0, 0.05) is 24.3 Å². The first-order valence-corrected chi connectivity index (χ1v) is 6.78. The van der Waals surface area contributed by atoms with Crippen LogP contribution in [0, 0.1) is 0 Å². The minimum absolute atomic E-state index is 0.0520. The maximum atomic E-state index is 11.5. The number of aliphatic hydroxyl groups is 1. The Morgan fingerprint density at radius 1 is 1.44 bits per heavy atom. The summed E-state index contributed by atoms with van der Waals surface area (Å²) in [7, 11) is -1.89. The number of hydrogen-bond acceptors (Lipinski definition) is 4. The van der Waals surface area contributed by atoms with Gasteiger partial charge in [-0.15, -0.1) is 0 Å². The highest BCUT2D eigenvalue weighted by molar-refractivity contribution is 7.90. The van der Waals surface area contributed by atoms with E-state index in [0.29, 0.717) is 11.3 Å². The first-order chi connectivity index (χ1) is 7.41. The van der Waals surface area contributed by atoms with Crippen LogP contribution >= 0.6 is 0 Å². The van der Waals surface area contributed by atoms with Crippen molar-refractivity contribution < 1.29 is 18.3 Å². The van der Waals surface area contributed by atoms with Crippen molar-refractivity contribution >= 4 is 9.84 Å². The number of ether oxygens (including phenoxy) is 1. The standard InChI is InChI=1S/C11H16O4S/c1-8(7-12)9-5-4-6-10(11(9)15-2)16(3,13)14/h4-6,8,12H,7H2,1-3H3. The molecule has 0 aliphatic rings. The van der Waals surface area contributed by atoms with E-state index in [1.165, 1.54) is 13.2 Å². The summed E-state index contributed by atoms with van der Waals surface area (Å²) >= 11 is 0. The molecular weight excluding hydrogens is 228 g/mol. The quantitative estimate of drug-likeness (QED) is 0.864. The van der Waals surface area contributed by atoms with Gasteiger partial charge in [-0.1, -0.05) is 19.1 Å². The van der Waals surface area contributed by atoms with E-state index in [2.05, 4.69) is 0 Å². The van der Waals surface area contributed by atoms with Crippen molar-refractivity contribution in [2.24, 2.45) is 0 Å². The van der Waals surface area contributed by atoms with Crippen LogP contribution in [0.1, 0.15) is 18.4 Å². The molecule has 1 atom stereocenters. The minimum Gasteiger partial charge on any atom is -0.495 e. The zero-order chi connectivity index (χ0) is 12.3. The molecule has 0 aromatic heterocycles. The maximum Gasteiger partial charge on any atom is 0.179 e. The van der Waals surface area contributed by atoms with Gasteiger partial charge >= 0.3 is 0 Å². The maximum absolute atomic E-state index is 11.5. The van der Waals surface area contributed by atoms with E-state index in [4.69, 9.17) is 9.84 Å². The van der Waals surface area contributed by atoms with Crippen LogP contribution in [0.25, 0.3) is 0 Å². The van der Waals surface area contributed by atoms with E-state index in [1.807, 2.05) is 6.92 Å². The molecule has 16 heavy (non-hydrogen) atoms. The Labute approximate surface area is 95.8 Å². The molecule has 1 aromatic carbocycles. The SMILES string of the molecule is COc1c(C(C)CO)cccc1S(C)(=O)=O. The summed E-state index contributed by atoms with van der Waals surface area (Å²) in [5.41, 5.74) is 0.702. The van der Waals surface area contributed by atoms with Crippen LogP contribution in [0.3, 0.4) is 0 Å². The Hall–Kier alpha value is -1.07. The molecule has 0 aliphatic heterocycles. The smallest absolute Gasteiger partial charge is 0.179 e. The summed E-state index contributed by atoms with van der Waals surface area (Å²) in [6.07, 6.45) is 1.14. The lowest BCUT2D eigenvalue weighted by atomic mass is 10.0. The third kappa shape index (κ3) is 2.54. The van der Waals surface area contributed by atoms with Crippen molar-refractivity contribution in [2.75, 3.05) is 20.0 Å². The third-order valence-corrected chi connectivity index (χ3v) is 3.54. The first-order valence-electron chi connectivity index (χ1n) is 4.89. The summed E-state index contributed by atoms with van der Waals surface area (Å²) < 4.78 is 28.2. The molecular formula is C11H16O4S. The molecule has 1 N–H and O–H groups in total. The highest BCUT2D eigenvalue weighted by Gasteiger charge is 2.19. The second-order valence-electron chi connectivity index (χ2n) is 3.73. The summed E-state index contributed by atoms with van der Waals surface area (Å²) in [4.78, 5) is 0.160. The highest BCUT2D eigenvalue weighted by atomic mass is 32.2. The molecule has 5 heteroatoms. The fourth-order valence-electron chi connectivity index (χ4n) is 1.53. The van der Waals surface area contributed by atoms with Gasteiger partial charge in [0.05, 0.1) is 7.11 Å². The monoisotopic (exact) mass is 244 g/mol. The zero-order valence-corrected chi connectivity index (χ0v) is 10.4. The minimum atomic E-state index is -3.32. The van der Waals surface area contributed by atoms with Crippen LogP contribution in [0.15, 0.2) is 23.1 Å². The van der Waals surface area contributed by atoms with E-state index >= 15 is 0 Å². The molecule has 1 unspecified atom stereocenters. The normalized spacial score (nSPS) is 13.5. The fourth-order valence-corrected chi connectivity index (χ4v) is 2.39. The van der Waals surface area contributed by atoms with Gasteiger partial charge in [0.1, 0.15) is 10.6 Å². The third-order valence-electron chi connectivity index (χ3n) is 2.42. The molecule has 0 bridgehead atoms. The Morgan fingerprint density at radius 3 is 2.50 bits per heavy atom. The predicted octanol–water partition coefficient (Wildman–Crippen LogP) is 1.19. The van der Waals surface area contributed by atoms with E-state index in [1.54, 1.807) is 12.1 Å². The number of methoxy groups -OCH3 is 1. The average Bonchev–Trinajstić information content (AvgIpc) is 2.25. The van der Waals surface area contributed by atoms with Crippen LogP contribution in [0.2, 0.25) is 0 Å². The summed E-state index contributed by atoms with van der Waals surface area (Å²) in [6, 6.07) is 4.91. The lowest BCUT2D eigenvalue weighted by molar-refractivity contribution is 0.269. The molecule has 4 nitrogen and oxygen atoms in total. The van der Waals surface area contributed by atoms with Gasteiger partial charge in [-0.3, -0.25) is 0 Å². The van der Waals surface area contributed by atoms with Crippen LogP contribution in [0.4, 0.5) is 0 Å².